The van der Waals surface area contributed by atoms with Crippen molar-refractivity contribution in [1.82, 2.24) is 98.3 Å². The van der Waals surface area contributed by atoms with E-state index in [1.165, 1.54) is 70.3 Å². The van der Waals surface area contributed by atoms with Gasteiger partial charge in [0.05, 0.1) is 96.1 Å². The summed E-state index contributed by atoms with van der Waals surface area (Å²) in [7, 11) is 1.67. The van der Waals surface area contributed by atoms with Gasteiger partial charge in [-0.2, -0.15) is 38.5 Å². The lowest BCUT2D eigenvalue weighted by molar-refractivity contribution is 0.0799. The second kappa shape index (κ2) is 34.5. The summed E-state index contributed by atoms with van der Waals surface area (Å²) < 4.78 is 67.3. The molecule has 0 unspecified atom stereocenters. The summed E-state index contributed by atoms with van der Waals surface area (Å²) in [4.78, 5) is 47.6. The van der Waals surface area contributed by atoms with Crippen LogP contribution in [0.2, 0.25) is 0 Å². The Morgan fingerprint density at radius 1 is 0.398 bits per heavy atom. The predicted octanol–water partition coefficient (Wildman–Crippen LogP) is 17.4. The van der Waals surface area contributed by atoms with Gasteiger partial charge in [-0.1, -0.05) is 60.7 Å². The standard InChI is InChI=1S/C24H23FN6O.C23H21FN6O.C23H21FN6.C22H19FN6O/c1-24(2,32)19-14-29-31-22(10-21(30-23(19)31)16-9-17(25)13-26-11-16)27-8-7-15-12-28-20-6-4-3-5-18(15)20;1-14-10-28-30-21(9-19(29-23(14)30)16-8-17(24)13-25-11-16)26-7-6-15-12-27-22-18(15)4-3-5-20(22)31-2;1-14-10-28-30-22(14)29-21(17-9-18(24)13-25-11-17)15(2)23(30)26-8-7-16-12-27-20-6-4-3-5-19(16)20;1-13-9-27-29-20(8-18(28-22(13)29)15-7-16(23)12-24-10-15)25-6-5-14-11-26-21-17(14)3-2-4-19(21)30/h3-6,9-14,27-28,32H,7-8H2,1-2H3;3-5,8-13,26-27H,6-7H2,1-2H3;3-6,9-13,26-27H,7-8H2,1-2H3;2-4,7-12,25-26,30H,5-6H2,1H3. The molecule has 0 aliphatic heterocycles. The maximum atomic E-state index is 13.8. The van der Waals surface area contributed by atoms with Crippen LogP contribution in [0, 0.1) is 51.0 Å². The quantitative estimate of drug-likeness (QED) is 0.0282. The molecule has 31 heteroatoms. The third-order valence-electron chi connectivity index (χ3n) is 21.4. The molecular weight excluding hydrogens is 1570 g/mol. The van der Waals surface area contributed by atoms with Crippen molar-refractivity contribution in [2.45, 2.75) is 72.8 Å². The summed E-state index contributed by atoms with van der Waals surface area (Å²) in [5.74, 6) is 2.55. The van der Waals surface area contributed by atoms with Crippen LogP contribution in [0.4, 0.5) is 40.8 Å². The molecule has 0 atom stereocenters. The second-order valence-corrected chi connectivity index (χ2v) is 30.3. The number of nitrogens with one attached hydrogen (secondary N) is 8. The van der Waals surface area contributed by atoms with E-state index in [0.29, 0.717) is 87.3 Å². The van der Waals surface area contributed by atoms with Crippen molar-refractivity contribution in [1.29, 1.82) is 0 Å². The zero-order valence-corrected chi connectivity index (χ0v) is 68.0. The number of ether oxygens (including phenoxy) is 1. The van der Waals surface area contributed by atoms with Gasteiger partial charge >= 0.3 is 0 Å². The highest BCUT2D eigenvalue weighted by atomic mass is 19.1. The first-order valence-electron chi connectivity index (χ1n) is 39.8. The maximum absolute atomic E-state index is 13.8. The number of aromatic nitrogens is 20. The summed E-state index contributed by atoms with van der Waals surface area (Å²) in [6.45, 7) is 13.9. The number of halogens is 4. The number of aliphatic hydroxyl groups is 1. The zero-order chi connectivity index (χ0) is 85.0. The van der Waals surface area contributed by atoms with E-state index in [1.54, 1.807) is 90.1 Å². The Bertz CT molecular complexity index is 7250. The van der Waals surface area contributed by atoms with Crippen LogP contribution in [0.1, 0.15) is 63.9 Å². The number of fused-ring (bicyclic) bond motifs is 8. The second-order valence-electron chi connectivity index (χ2n) is 30.3. The van der Waals surface area contributed by atoms with E-state index in [2.05, 4.69) is 139 Å². The highest BCUT2D eigenvalue weighted by Gasteiger charge is 2.26. The molecule has 0 bridgehead atoms. The summed E-state index contributed by atoms with van der Waals surface area (Å²) in [5.41, 5.74) is 19.5. The van der Waals surface area contributed by atoms with Gasteiger partial charge in [-0.25, -0.2) is 37.5 Å². The minimum absolute atomic E-state index is 0.239. The van der Waals surface area contributed by atoms with Crippen molar-refractivity contribution in [2.75, 3.05) is 54.6 Å². The fourth-order valence-electron chi connectivity index (χ4n) is 15.2. The lowest BCUT2D eigenvalue weighted by atomic mass is 10.0. The molecule has 0 saturated heterocycles. The maximum Gasteiger partial charge on any atom is 0.164 e. The van der Waals surface area contributed by atoms with Gasteiger partial charge in [-0.05, 0) is 138 Å². The van der Waals surface area contributed by atoms with Crippen LogP contribution in [0.3, 0.4) is 0 Å². The normalized spacial score (nSPS) is 11.5. The number of anilines is 4. The van der Waals surface area contributed by atoms with Crippen LogP contribution in [-0.4, -0.2) is 142 Å². The first-order chi connectivity index (χ1) is 59.7. The SMILES string of the molecule is CC(C)(O)c1cnn2c(NCCc3c[nH]c4ccccc34)cc(-c3cncc(F)c3)nc12.COc1cccc2c(CCNc3cc(-c4cncc(F)c4)nc4c(C)cnn34)c[nH]c12.Cc1c(-c2cncc(F)c2)nc2c(C)cnn2c1NCCc1c[nH]c2ccccc12.Cc1cnn2c(NCCc3c[nH]c4c(O)cccc34)cc(-c3cncc(F)c3)nc12. The first-order valence-corrected chi connectivity index (χ1v) is 39.8. The molecule has 0 saturated carbocycles. The summed E-state index contributed by atoms with van der Waals surface area (Å²) in [5, 5.41) is 56.7. The molecule has 123 heavy (non-hydrogen) atoms. The first kappa shape index (κ1) is 80.0. The minimum Gasteiger partial charge on any atom is -0.506 e. The van der Waals surface area contributed by atoms with Crippen molar-refractivity contribution in [3.8, 4) is 56.5 Å². The summed E-state index contributed by atoms with van der Waals surface area (Å²) >= 11 is 0. The number of hydrogen-bond acceptors (Lipinski definition) is 19. The lowest BCUT2D eigenvalue weighted by Crippen LogP contribution is -2.16. The van der Waals surface area contributed by atoms with Gasteiger partial charge in [0.1, 0.15) is 58.0 Å². The van der Waals surface area contributed by atoms with Crippen LogP contribution < -0.4 is 26.0 Å². The molecule has 16 heterocycles. The van der Waals surface area contributed by atoms with Crippen LogP contribution in [-0.2, 0) is 31.3 Å². The zero-order valence-electron chi connectivity index (χ0n) is 68.0. The van der Waals surface area contributed by atoms with Crippen molar-refractivity contribution >= 4 is 89.5 Å². The van der Waals surface area contributed by atoms with E-state index in [4.69, 9.17) is 9.72 Å². The molecule has 0 spiro atoms. The number of pyridine rings is 4. The topological polar surface area (TPSA) is 333 Å². The molecule has 0 amide bonds. The average molecular weight is 1650 g/mol. The number of aromatic hydroxyl groups is 1. The van der Waals surface area contributed by atoms with Crippen molar-refractivity contribution in [3.63, 3.8) is 0 Å². The molecule has 20 rings (SSSR count). The fourth-order valence-corrected chi connectivity index (χ4v) is 15.2. The van der Waals surface area contributed by atoms with Gasteiger partial charge in [0, 0.05) is 177 Å². The number of phenolic OH excluding ortho intramolecular Hbond substituents is 1. The molecule has 16 aromatic heterocycles. The van der Waals surface area contributed by atoms with E-state index < -0.39 is 23.1 Å². The van der Waals surface area contributed by atoms with Gasteiger partial charge in [-0.3, -0.25) is 19.9 Å². The average Bonchev–Trinajstić information content (AvgIpc) is 1.76. The van der Waals surface area contributed by atoms with Crippen LogP contribution >= 0.6 is 0 Å². The lowest BCUT2D eigenvalue weighted by Gasteiger charge is -2.16. The molecule has 4 aromatic carbocycles. The molecule has 0 aliphatic carbocycles. The predicted molar refractivity (Wildman–Crippen MR) is 469 cm³/mol. The van der Waals surface area contributed by atoms with Gasteiger partial charge in [-0.15, -0.1) is 0 Å². The van der Waals surface area contributed by atoms with Gasteiger partial charge in [0.15, 0.2) is 22.6 Å². The van der Waals surface area contributed by atoms with Crippen molar-refractivity contribution in [2.24, 2.45) is 0 Å². The van der Waals surface area contributed by atoms with Crippen molar-refractivity contribution in [3.05, 3.63) is 300 Å². The Kier molecular flexibility index (Phi) is 22.5. The molecule has 27 nitrogen and oxygen atoms in total. The number of para-hydroxylation sites is 4. The van der Waals surface area contributed by atoms with E-state index in [-0.39, 0.29) is 11.6 Å². The minimum atomic E-state index is -1.13. The Labute approximate surface area is 700 Å². The van der Waals surface area contributed by atoms with Gasteiger partial charge in [0.25, 0.3) is 0 Å². The Hall–Kier alpha value is -15.4. The van der Waals surface area contributed by atoms with Gasteiger partial charge < -0.3 is 56.2 Å². The Balaban J connectivity index is 0.000000116. The van der Waals surface area contributed by atoms with E-state index in [9.17, 15) is 27.8 Å². The van der Waals surface area contributed by atoms with Gasteiger partial charge in [0.2, 0.25) is 0 Å². The molecule has 618 valence electrons. The summed E-state index contributed by atoms with van der Waals surface area (Å²) in [6, 6.07) is 39.2. The third-order valence-corrected chi connectivity index (χ3v) is 21.4. The molecule has 0 fully saturated rings. The highest BCUT2D eigenvalue weighted by Crippen LogP contribution is 2.35. The van der Waals surface area contributed by atoms with Crippen LogP contribution in [0.15, 0.2) is 227 Å². The largest absolute Gasteiger partial charge is 0.506 e. The Morgan fingerprint density at radius 2 is 0.780 bits per heavy atom. The third kappa shape index (κ3) is 16.9. The van der Waals surface area contributed by atoms with E-state index in [0.717, 1.165) is 134 Å². The van der Waals surface area contributed by atoms with Crippen LogP contribution in [0.25, 0.3) is 111 Å². The molecule has 0 radical (unpaired) electrons. The number of rotatable bonds is 22. The number of benzene rings is 4. The number of phenols is 1. The number of aromatic amines is 4. The number of methoxy groups -OCH3 is 1. The number of hydrogen-bond donors (Lipinski definition) is 10. The highest BCUT2D eigenvalue weighted by molar-refractivity contribution is 5.90. The summed E-state index contributed by atoms with van der Waals surface area (Å²) in [6.07, 6.45) is 29.2. The van der Waals surface area contributed by atoms with Crippen molar-refractivity contribution < 1.29 is 32.5 Å². The number of H-pyrrole nitrogens is 4. The van der Waals surface area contributed by atoms with Crippen LogP contribution in [0.5, 0.6) is 11.5 Å². The molecular formula is C92H84F4N24O3. The smallest absolute Gasteiger partial charge is 0.164 e. The number of nitrogens with zero attached hydrogens (tertiary/aromatic N) is 16. The molecule has 20 aromatic rings. The fraction of sp³-hybridized carbons (Fsp3) is 0.174. The van der Waals surface area contributed by atoms with E-state index >= 15 is 0 Å². The molecule has 0 aliphatic rings. The molecule has 10 N–H and O–H groups in total. The Morgan fingerprint density at radius 3 is 1.26 bits per heavy atom. The van der Waals surface area contributed by atoms with E-state index in [1.807, 2.05) is 111 Å². The number of aryl methyl sites for hydroxylation is 3. The monoisotopic (exact) mass is 1650 g/mol.